The van der Waals surface area contributed by atoms with Gasteiger partial charge in [0.25, 0.3) is 5.91 Å². The zero-order chi connectivity index (χ0) is 26.4. The molecule has 1 aromatic heterocycles. The van der Waals surface area contributed by atoms with Crippen molar-refractivity contribution in [3.8, 4) is 16.9 Å². The van der Waals surface area contributed by atoms with Gasteiger partial charge in [0.05, 0.1) is 5.56 Å². The topological polar surface area (TPSA) is 96.6 Å². The summed E-state index contributed by atoms with van der Waals surface area (Å²) < 4.78 is 46.9. The molecule has 1 saturated heterocycles. The van der Waals surface area contributed by atoms with Crippen LogP contribution in [0.25, 0.3) is 11.1 Å². The zero-order valence-electron chi connectivity index (χ0n) is 20.5. The van der Waals surface area contributed by atoms with E-state index < -0.39 is 17.6 Å². The predicted molar refractivity (Wildman–Crippen MR) is 135 cm³/mol. The van der Waals surface area contributed by atoms with E-state index in [0.29, 0.717) is 30.2 Å². The molecule has 4 rings (SSSR count). The van der Waals surface area contributed by atoms with E-state index >= 15 is 0 Å². The Kier molecular flexibility index (Phi) is 8.24. The third-order valence-corrected chi connectivity index (χ3v) is 6.28. The number of nitrogen functional groups attached to an aromatic ring is 1. The van der Waals surface area contributed by atoms with E-state index in [0.717, 1.165) is 31.3 Å². The number of carbonyl (C=O) groups is 1. The highest BCUT2D eigenvalue weighted by Gasteiger charge is 2.34. The van der Waals surface area contributed by atoms with Crippen LogP contribution in [0.3, 0.4) is 0 Å². The number of ether oxygens (including phenoxy) is 1. The molecule has 0 spiro atoms. The molecule has 0 aliphatic carbocycles. The minimum atomic E-state index is -4.53. The van der Waals surface area contributed by atoms with Gasteiger partial charge in [0.2, 0.25) is 0 Å². The monoisotopic (exact) mass is 514 g/mol. The molecule has 0 saturated carbocycles. The van der Waals surface area contributed by atoms with Crippen molar-refractivity contribution in [2.45, 2.75) is 19.6 Å². The van der Waals surface area contributed by atoms with Crippen molar-refractivity contribution in [3.05, 3.63) is 66.1 Å². The Morgan fingerprint density at radius 1 is 1.08 bits per heavy atom. The Labute approximate surface area is 213 Å². The number of nitrogens with zero attached hydrogens (tertiary/aromatic N) is 4. The maximum absolute atomic E-state index is 13.8. The van der Waals surface area contributed by atoms with Gasteiger partial charge < -0.3 is 20.7 Å². The molecule has 2 heterocycles. The first-order valence-electron chi connectivity index (χ1n) is 12.0. The van der Waals surface area contributed by atoms with Crippen molar-refractivity contribution in [1.82, 2.24) is 19.8 Å². The Bertz CT molecular complexity index is 1210. The number of likely N-dealkylation sites (N-methyl/N-ethyl adjacent to an activating group) is 1. The Balaban J connectivity index is 1.36. The van der Waals surface area contributed by atoms with E-state index in [1.165, 1.54) is 18.5 Å². The van der Waals surface area contributed by atoms with Crippen molar-refractivity contribution in [1.29, 1.82) is 0 Å². The van der Waals surface area contributed by atoms with E-state index in [1.807, 2.05) is 4.90 Å². The van der Waals surface area contributed by atoms with E-state index in [9.17, 15) is 18.0 Å². The van der Waals surface area contributed by atoms with Gasteiger partial charge >= 0.3 is 6.18 Å². The Morgan fingerprint density at radius 2 is 1.78 bits per heavy atom. The van der Waals surface area contributed by atoms with Crippen molar-refractivity contribution in [2.24, 2.45) is 0 Å². The van der Waals surface area contributed by atoms with Crippen LogP contribution in [0, 0.1) is 0 Å². The second kappa shape index (κ2) is 11.6. The van der Waals surface area contributed by atoms with Crippen LogP contribution in [0.1, 0.15) is 18.1 Å². The predicted octanol–water partition coefficient (Wildman–Crippen LogP) is 3.90. The van der Waals surface area contributed by atoms with Crippen LogP contribution in [0.4, 0.5) is 24.7 Å². The van der Waals surface area contributed by atoms with Gasteiger partial charge in [-0.2, -0.15) is 13.2 Å². The SMILES string of the molecule is CCN1CCN(Cc2ccc(NC(=O)COc3ccc(-c4cncnc4N)cc3)cc2C(F)(F)F)CC1. The van der Waals surface area contributed by atoms with Gasteiger partial charge in [-0.05, 0) is 41.9 Å². The number of hydrogen-bond acceptors (Lipinski definition) is 7. The molecule has 1 aliphatic heterocycles. The number of alkyl halides is 3. The summed E-state index contributed by atoms with van der Waals surface area (Å²) in [6.45, 7) is 5.96. The molecule has 8 nitrogen and oxygen atoms in total. The van der Waals surface area contributed by atoms with E-state index in [2.05, 4.69) is 27.1 Å². The lowest BCUT2D eigenvalue weighted by atomic mass is 10.0. The number of benzene rings is 2. The summed E-state index contributed by atoms with van der Waals surface area (Å²) in [5, 5.41) is 2.50. The van der Waals surface area contributed by atoms with Crippen molar-refractivity contribution in [2.75, 3.05) is 50.4 Å². The number of carbonyl (C=O) groups excluding carboxylic acids is 1. The standard InChI is InChI=1S/C26H29F3N6O2/c1-2-34-9-11-35(12-10-34)15-19-3-6-20(13-23(19)26(27,28)29)33-24(36)16-37-21-7-4-18(5-8-21)22-14-31-17-32-25(22)30/h3-8,13-14,17H,2,9-12,15-16H2,1H3,(H,33,36)(H2,30,31,32). The second-order valence-corrected chi connectivity index (χ2v) is 8.76. The summed E-state index contributed by atoms with van der Waals surface area (Å²) >= 11 is 0. The lowest BCUT2D eigenvalue weighted by Crippen LogP contribution is -2.45. The van der Waals surface area contributed by atoms with Gasteiger partial charge in [0.15, 0.2) is 6.61 Å². The first-order chi connectivity index (χ1) is 17.7. The van der Waals surface area contributed by atoms with Gasteiger partial charge in [-0.3, -0.25) is 9.69 Å². The molecule has 37 heavy (non-hydrogen) atoms. The lowest BCUT2D eigenvalue weighted by molar-refractivity contribution is -0.138. The fraction of sp³-hybridized carbons (Fsp3) is 0.346. The molecule has 3 N–H and O–H groups in total. The number of amides is 1. The number of piperazine rings is 1. The number of anilines is 2. The van der Waals surface area contributed by atoms with E-state index in [-0.39, 0.29) is 24.4 Å². The van der Waals surface area contributed by atoms with Gasteiger partial charge in [-0.15, -0.1) is 0 Å². The van der Waals surface area contributed by atoms with Crippen LogP contribution >= 0.6 is 0 Å². The summed E-state index contributed by atoms with van der Waals surface area (Å²) in [5.41, 5.74) is 6.81. The van der Waals surface area contributed by atoms with Crippen LogP contribution in [-0.4, -0.2) is 65.0 Å². The van der Waals surface area contributed by atoms with Crippen molar-refractivity contribution >= 4 is 17.4 Å². The van der Waals surface area contributed by atoms with Gasteiger partial charge in [0, 0.05) is 50.2 Å². The number of nitrogens with one attached hydrogen (secondary N) is 1. The van der Waals surface area contributed by atoms with Gasteiger partial charge in [0.1, 0.15) is 17.9 Å². The number of halogens is 3. The molecule has 1 aliphatic rings. The Hall–Kier alpha value is -3.70. The summed E-state index contributed by atoms with van der Waals surface area (Å²) in [6.07, 6.45) is -1.58. The zero-order valence-corrected chi connectivity index (χ0v) is 20.5. The molecule has 196 valence electrons. The molecular formula is C26H29F3N6O2. The minimum absolute atomic E-state index is 0.0652. The van der Waals surface area contributed by atoms with E-state index in [1.54, 1.807) is 30.5 Å². The number of rotatable bonds is 8. The summed E-state index contributed by atoms with van der Waals surface area (Å²) in [5.74, 6) is 0.191. The molecule has 0 unspecified atom stereocenters. The lowest BCUT2D eigenvalue weighted by Gasteiger charge is -2.34. The molecule has 3 aromatic rings. The fourth-order valence-electron chi connectivity index (χ4n) is 4.20. The highest BCUT2D eigenvalue weighted by Crippen LogP contribution is 2.34. The molecule has 2 aromatic carbocycles. The smallest absolute Gasteiger partial charge is 0.416 e. The average Bonchev–Trinajstić information content (AvgIpc) is 2.89. The molecule has 11 heteroatoms. The summed E-state index contributed by atoms with van der Waals surface area (Å²) in [6, 6.07) is 10.7. The fourth-order valence-corrected chi connectivity index (χ4v) is 4.20. The summed E-state index contributed by atoms with van der Waals surface area (Å²) in [7, 11) is 0. The van der Waals surface area contributed by atoms with Gasteiger partial charge in [-0.25, -0.2) is 9.97 Å². The van der Waals surface area contributed by atoms with Crippen LogP contribution in [0.5, 0.6) is 5.75 Å². The molecule has 1 fully saturated rings. The highest BCUT2D eigenvalue weighted by atomic mass is 19.4. The van der Waals surface area contributed by atoms with Gasteiger partial charge in [-0.1, -0.05) is 25.1 Å². The number of nitrogens with two attached hydrogens (primary N) is 1. The molecule has 1 amide bonds. The number of hydrogen-bond donors (Lipinski definition) is 2. The van der Waals surface area contributed by atoms with Crippen LogP contribution in [0.2, 0.25) is 0 Å². The van der Waals surface area contributed by atoms with Crippen molar-refractivity contribution in [3.63, 3.8) is 0 Å². The van der Waals surface area contributed by atoms with Crippen molar-refractivity contribution < 1.29 is 22.7 Å². The maximum atomic E-state index is 13.8. The van der Waals surface area contributed by atoms with E-state index in [4.69, 9.17) is 10.5 Å². The largest absolute Gasteiger partial charge is 0.484 e. The molecule has 0 bridgehead atoms. The second-order valence-electron chi connectivity index (χ2n) is 8.76. The average molecular weight is 515 g/mol. The summed E-state index contributed by atoms with van der Waals surface area (Å²) in [4.78, 5) is 24.6. The molecule has 0 atom stereocenters. The highest BCUT2D eigenvalue weighted by molar-refractivity contribution is 5.92. The first-order valence-corrected chi connectivity index (χ1v) is 12.0. The third kappa shape index (κ3) is 6.95. The first kappa shape index (κ1) is 26.4. The minimum Gasteiger partial charge on any atom is -0.484 e. The van der Waals surface area contributed by atoms with Crippen LogP contribution < -0.4 is 15.8 Å². The quantitative estimate of drug-likeness (QED) is 0.471. The molecular weight excluding hydrogens is 485 g/mol. The van der Waals surface area contributed by atoms with Crippen LogP contribution in [-0.2, 0) is 17.5 Å². The van der Waals surface area contributed by atoms with Crippen LogP contribution in [0.15, 0.2) is 55.0 Å². The number of aromatic nitrogens is 2. The maximum Gasteiger partial charge on any atom is 0.416 e. The third-order valence-electron chi connectivity index (χ3n) is 6.28. The normalized spacial score (nSPS) is 14.9. The molecule has 0 radical (unpaired) electrons. The Morgan fingerprint density at radius 3 is 2.43 bits per heavy atom.